The number of hydrogen-bond acceptors (Lipinski definition) is 0. The van der Waals surface area contributed by atoms with Gasteiger partial charge in [0.25, 0.3) is 0 Å². The predicted molar refractivity (Wildman–Crippen MR) is 87.7 cm³/mol. The van der Waals surface area contributed by atoms with Crippen molar-refractivity contribution in [1.29, 1.82) is 0 Å². The second-order valence-electron chi connectivity index (χ2n) is 6.51. The quantitative estimate of drug-likeness (QED) is 0.542. The van der Waals surface area contributed by atoms with Gasteiger partial charge in [0, 0.05) is 5.56 Å². The van der Waals surface area contributed by atoms with Gasteiger partial charge in [-0.2, -0.15) is 0 Å². The standard InChI is InChI=1S/C20H18N/c1-12-3-4-13-5-7-15-11-16-8-6-14-9-10-21(2)20(14)19(16)18(15)17(12)13/h3,5-8,10H,4,9,11H2,1-2H3/q+1. The maximum atomic E-state index is 2.38. The van der Waals surface area contributed by atoms with Crippen LogP contribution in [0.3, 0.4) is 0 Å². The number of benzene rings is 2. The summed E-state index contributed by atoms with van der Waals surface area (Å²) in [7, 11) is 2.19. The molecule has 1 heterocycles. The van der Waals surface area contributed by atoms with Crippen LogP contribution < -0.4 is 0 Å². The van der Waals surface area contributed by atoms with Gasteiger partial charge in [-0.05, 0) is 53.2 Å². The van der Waals surface area contributed by atoms with Gasteiger partial charge in [-0.1, -0.05) is 30.3 Å². The molecule has 0 bridgehead atoms. The van der Waals surface area contributed by atoms with E-state index in [0.717, 1.165) is 19.3 Å². The van der Waals surface area contributed by atoms with Crippen LogP contribution in [0.15, 0.2) is 30.3 Å². The number of hydrogen-bond donors (Lipinski definition) is 0. The fraction of sp³-hybridized carbons (Fsp3) is 0.250. The van der Waals surface area contributed by atoms with E-state index in [0.29, 0.717) is 0 Å². The van der Waals surface area contributed by atoms with Gasteiger partial charge in [0.2, 0.25) is 5.69 Å². The molecule has 0 aromatic heterocycles. The van der Waals surface area contributed by atoms with E-state index >= 15 is 0 Å². The fourth-order valence-corrected chi connectivity index (χ4v) is 4.31. The number of nitrogens with zero attached hydrogens (tertiary/aromatic N) is 1. The van der Waals surface area contributed by atoms with Gasteiger partial charge in [0.1, 0.15) is 13.3 Å². The zero-order valence-electron chi connectivity index (χ0n) is 12.5. The minimum absolute atomic E-state index is 1.07. The molecule has 2 aromatic carbocycles. The lowest BCUT2D eigenvalue weighted by Crippen LogP contribution is -1.97. The Morgan fingerprint density at radius 3 is 2.38 bits per heavy atom. The van der Waals surface area contributed by atoms with Gasteiger partial charge in [-0.15, -0.1) is 0 Å². The van der Waals surface area contributed by atoms with Gasteiger partial charge in [0.05, 0.1) is 12.0 Å². The lowest BCUT2D eigenvalue weighted by atomic mass is 9.92. The van der Waals surface area contributed by atoms with Crippen LogP contribution in [0.4, 0.5) is 5.69 Å². The van der Waals surface area contributed by atoms with E-state index in [-0.39, 0.29) is 0 Å². The van der Waals surface area contributed by atoms with Crippen molar-refractivity contribution in [3.8, 4) is 11.1 Å². The maximum absolute atomic E-state index is 2.38. The number of fused-ring (bicyclic) bond motifs is 7. The van der Waals surface area contributed by atoms with E-state index in [1.54, 1.807) is 0 Å². The summed E-state index contributed by atoms with van der Waals surface area (Å²) in [6.07, 6.45) is 7.93. The Kier molecular flexibility index (Phi) is 2.04. The lowest BCUT2D eigenvalue weighted by Gasteiger charge is -2.12. The van der Waals surface area contributed by atoms with Crippen LogP contribution >= 0.6 is 0 Å². The lowest BCUT2D eigenvalue weighted by molar-refractivity contribution is -0.395. The first kappa shape index (κ1) is 11.5. The van der Waals surface area contributed by atoms with Gasteiger partial charge in [-0.3, -0.25) is 0 Å². The van der Waals surface area contributed by atoms with Gasteiger partial charge < -0.3 is 0 Å². The Morgan fingerprint density at radius 2 is 1.52 bits per heavy atom. The Bertz CT molecular complexity index is 808. The third-order valence-electron chi connectivity index (χ3n) is 5.32. The Hall–Kier alpha value is -2.15. The van der Waals surface area contributed by atoms with Crippen molar-refractivity contribution in [3.63, 3.8) is 0 Å². The van der Waals surface area contributed by atoms with Crippen molar-refractivity contribution in [2.24, 2.45) is 0 Å². The van der Waals surface area contributed by atoms with Gasteiger partial charge >= 0.3 is 0 Å². The molecule has 0 saturated carbocycles. The third-order valence-corrected chi connectivity index (χ3v) is 5.32. The van der Waals surface area contributed by atoms with Crippen LogP contribution in [0.5, 0.6) is 0 Å². The molecule has 2 aliphatic carbocycles. The molecule has 0 unspecified atom stereocenters. The Morgan fingerprint density at radius 1 is 0.810 bits per heavy atom. The molecule has 0 amide bonds. The van der Waals surface area contributed by atoms with Crippen LogP contribution in [0, 0.1) is 0 Å². The van der Waals surface area contributed by atoms with E-state index in [9.17, 15) is 0 Å². The second kappa shape index (κ2) is 3.73. The Labute approximate surface area is 125 Å². The third kappa shape index (κ3) is 1.34. The van der Waals surface area contributed by atoms with E-state index < -0.39 is 0 Å². The summed E-state index contributed by atoms with van der Waals surface area (Å²) >= 11 is 0. The molecule has 102 valence electrons. The second-order valence-corrected chi connectivity index (χ2v) is 6.51. The average molecular weight is 272 g/mol. The maximum Gasteiger partial charge on any atom is 0.216 e. The first-order valence-electron chi connectivity index (χ1n) is 7.77. The molecule has 0 atom stereocenters. The zero-order valence-corrected chi connectivity index (χ0v) is 12.5. The largest absolute Gasteiger partial charge is 0.216 e. The minimum Gasteiger partial charge on any atom is -0.204 e. The number of allylic oxidation sites excluding steroid dienone is 2. The van der Waals surface area contributed by atoms with Crippen LogP contribution in [-0.2, 0) is 19.3 Å². The summed E-state index contributed by atoms with van der Waals surface area (Å²) in [5.41, 5.74) is 13.4. The molecule has 21 heavy (non-hydrogen) atoms. The smallest absolute Gasteiger partial charge is 0.204 e. The van der Waals surface area contributed by atoms with E-state index in [1.165, 1.54) is 50.2 Å². The monoisotopic (exact) mass is 272 g/mol. The van der Waals surface area contributed by atoms with Crippen molar-refractivity contribution in [3.05, 3.63) is 58.2 Å². The first-order valence-corrected chi connectivity index (χ1v) is 7.77. The topological polar surface area (TPSA) is 3.01 Å². The molecule has 1 nitrogen and oxygen atoms in total. The highest BCUT2D eigenvalue weighted by molar-refractivity contribution is 5.96. The summed E-state index contributed by atoms with van der Waals surface area (Å²) in [5.74, 6) is 0. The molecule has 3 aliphatic rings. The van der Waals surface area contributed by atoms with Crippen LogP contribution in [0.25, 0.3) is 16.7 Å². The Balaban J connectivity index is 1.91. The molecule has 0 saturated heterocycles. The molecule has 0 fully saturated rings. The molecule has 0 radical (unpaired) electrons. The van der Waals surface area contributed by atoms with E-state index in [1.807, 2.05) is 0 Å². The van der Waals surface area contributed by atoms with Crippen LogP contribution in [-0.4, -0.2) is 17.8 Å². The zero-order chi connectivity index (χ0) is 14.1. The molecule has 1 aliphatic heterocycles. The van der Waals surface area contributed by atoms with Crippen molar-refractivity contribution >= 4 is 17.5 Å². The molecule has 0 N–H and O–H groups in total. The molecule has 2 aromatic rings. The normalized spacial score (nSPS) is 17.0. The summed E-state index contributed by atoms with van der Waals surface area (Å²) in [6, 6.07) is 9.36. The highest BCUT2D eigenvalue weighted by Gasteiger charge is 2.34. The van der Waals surface area contributed by atoms with Crippen molar-refractivity contribution in [2.75, 3.05) is 7.05 Å². The summed E-state index contributed by atoms with van der Waals surface area (Å²) < 4.78 is 2.33. The molecule has 1 heteroatoms. The van der Waals surface area contributed by atoms with Crippen molar-refractivity contribution in [1.82, 2.24) is 0 Å². The summed E-state index contributed by atoms with van der Waals surface area (Å²) in [5, 5.41) is 0. The molecular weight excluding hydrogens is 254 g/mol. The van der Waals surface area contributed by atoms with Gasteiger partial charge in [0.15, 0.2) is 0 Å². The fourth-order valence-electron chi connectivity index (χ4n) is 4.31. The molecular formula is C20H18N+. The van der Waals surface area contributed by atoms with E-state index in [4.69, 9.17) is 0 Å². The summed E-state index contributed by atoms with van der Waals surface area (Å²) in [6.45, 7) is 2.27. The average Bonchev–Trinajstić information content (AvgIpc) is 3.14. The molecule has 5 rings (SSSR count). The van der Waals surface area contributed by atoms with Gasteiger partial charge in [-0.25, -0.2) is 4.58 Å². The van der Waals surface area contributed by atoms with E-state index in [2.05, 4.69) is 55.1 Å². The van der Waals surface area contributed by atoms with Crippen molar-refractivity contribution < 1.29 is 4.58 Å². The SMILES string of the molecule is CC1=CCc2ccc3c(c21)-c1c(ccc2c1[N+](C)=CC2)C3. The first-order chi connectivity index (χ1) is 10.2. The highest BCUT2D eigenvalue weighted by atomic mass is 15.0. The van der Waals surface area contributed by atoms with Crippen LogP contribution in [0.2, 0.25) is 0 Å². The number of rotatable bonds is 0. The molecule has 0 spiro atoms. The van der Waals surface area contributed by atoms with Crippen molar-refractivity contribution in [2.45, 2.75) is 26.2 Å². The minimum atomic E-state index is 1.07. The predicted octanol–water partition coefficient (Wildman–Crippen LogP) is 4.12. The summed E-state index contributed by atoms with van der Waals surface area (Å²) in [4.78, 5) is 0. The highest BCUT2D eigenvalue weighted by Crippen LogP contribution is 2.50. The van der Waals surface area contributed by atoms with Crippen LogP contribution in [0.1, 0.15) is 34.7 Å².